The molecule has 2 heteroatoms. The molecule has 1 aliphatic rings. The summed E-state index contributed by atoms with van der Waals surface area (Å²) in [5.41, 5.74) is 2.14. The lowest BCUT2D eigenvalue weighted by atomic mass is 10.1. The van der Waals surface area contributed by atoms with E-state index in [1.54, 1.807) is 6.92 Å². The summed E-state index contributed by atoms with van der Waals surface area (Å²) >= 11 is 0. The second-order valence-electron chi connectivity index (χ2n) is 4.65. The number of hydrogen-bond acceptors (Lipinski definition) is 1. The first-order chi connectivity index (χ1) is 7.12. The molecule has 0 spiro atoms. The van der Waals surface area contributed by atoms with Gasteiger partial charge in [0, 0.05) is 18.4 Å². The summed E-state index contributed by atoms with van der Waals surface area (Å²) in [7, 11) is 2.27. The van der Waals surface area contributed by atoms with E-state index in [2.05, 4.69) is 19.2 Å². The van der Waals surface area contributed by atoms with Crippen LogP contribution in [0.15, 0.2) is 24.3 Å². The fraction of sp³-hybridized carbons (Fsp3) is 0.462. The number of Topliss-reactive ketones (excluding diaryl/α,β-unsaturated/α-hetero) is 1. The van der Waals surface area contributed by atoms with E-state index in [4.69, 9.17) is 0 Å². The molecule has 0 aliphatic carbocycles. The fourth-order valence-electron chi connectivity index (χ4n) is 2.35. The van der Waals surface area contributed by atoms with Gasteiger partial charge in [-0.1, -0.05) is 0 Å². The normalized spacial score (nSPS) is 19.1. The van der Waals surface area contributed by atoms with Crippen LogP contribution in [0, 0.1) is 0 Å². The van der Waals surface area contributed by atoms with Crippen molar-refractivity contribution in [2.24, 2.45) is 0 Å². The zero-order chi connectivity index (χ0) is 10.9. The number of carbonyl (C=O) groups is 1. The molecule has 80 valence electrons. The van der Waals surface area contributed by atoms with Crippen molar-refractivity contribution in [3.8, 4) is 0 Å². The molecule has 1 heterocycles. The van der Waals surface area contributed by atoms with Gasteiger partial charge >= 0.3 is 0 Å². The highest BCUT2D eigenvalue weighted by Crippen LogP contribution is 2.27. The molecule has 2 rings (SSSR count). The van der Waals surface area contributed by atoms with E-state index in [0.29, 0.717) is 0 Å². The van der Waals surface area contributed by atoms with Gasteiger partial charge in [-0.25, -0.2) is 0 Å². The lowest BCUT2D eigenvalue weighted by Crippen LogP contribution is -2.41. The number of hydrogen-bond donors (Lipinski definition) is 0. The number of nitrogens with zero attached hydrogens (tertiary/aromatic N) is 1. The van der Waals surface area contributed by atoms with E-state index in [1.165, 1.54) is 31.6 Å². The molecular formula is C13H18NO+. The number of quaternary nitrogens is 1. The van der Waals surface area contributed by atoms with Crippen LogP contribution in [0.2, 0.25) is 0 Å². The van der Waals surface area contributed by atoms with Gasteiger partial charge in [-0.2, -0.15) is 0 Å². The van der Waals surface area contributed by atoms with Gasteiger partial charge in [0.05, 0.1) is 20.1 Å². The lowest BCUT2D eigenvalue weighted by molar-refractivity contribution is 0.101. The van der Waals surface area contributed by atoms with Crippen LogP contribution in [-0.2, 0) is 0 Å². The Bertz CT molecular complexity index is 361. The molecule has 0 bridgehead atoms. The van der Waals surface area contributed by atoms with Crippen LogP contribution in [0.25, 0.3) is 0 Å². The predicted octanol–water partition coefficient (Wildman–Crippen LogP) is 2.62. The SMILES string of the molecule is CC(=O)c1ccc([N+]2(C)CCCC2)cc1. The molecule has 1 saturated heterocycles. The molecule has 1 aromatic rings. The van der Waals surface area contributed by atoms with Crippen molar-refractivity contribution in [2.45, 2.75) is 19.8 Å². The standard InChI is InChI=1S/C13H18NO/c1-11(15)12-5-7-13(8-6-12)14(2)9-3-4-10-14/h5-8H,3-4,9-10H2,1-2H3/q+1. The van der Waals surface area contributed by atoms with Crippen LogP contribution in [0.3, 0.4) is 0 Å². The highest BCUT2D eigenvalue weighted by molar-refractivity contribution is 5.94. The minimum absolute atomic E-state index is 0.144. The van der Waals surface area contributed by atoms with Gasteiger partial charge in [0.1, 0.15) is 5.69 Å². The summed E-state index contributed by atoms with van der Waals surface area (Å²) in [6, 6.07) is 8.09. The summed E-state index contributed by atoms with van der Waals surface area (Å²) in [5.74, 6) is 0.144. The minimum atomic E-state index is 0.144. The quantitative estimate of drug-likeness (QED) is 0.534. The van der Waals surface area contributed by atoms with Crippen LogP contribution in [0.4, 0.5) is 5.69 Å². The third-order valence-electron chi connectivity index (χ3n) is 3.45. The van der Waals surface area contributed by atoms with Crippen molar-refractivity contribution in [2.75, 3.05) is 20.1 Å². The maximum absolute atomic E-state index is 11.2. The molecule has 15 heavy (non-hydrogen) atoms. The molecule has 0 N–H and O–H groups in total. The first kappa shape index (κ1) is 10.4. The number of ketones is 1. The number of carbonyl (C=O) groups excluding carboxylic acids is 1. The van der Waals surface area contributed by atoms with Gasteiger partial charge in [0.25, 0.3) is 0 Å². The Kier molecular flexibility index (Phi) is 2.61. The Labute approximate surface area is 91.1 Å². The third kappa shape index (κ3) is 1.95. The molecular weight excluding hydrogens is 186 g/mol. The van der Waals surface area contributed by atoms with Crippen LogP contribution in [0.1, 0.15) is 30.1 Å². The molecule has 0 unspecified atom stereocenters. The largest absolute Gasteiger partial charge is 0.295 e. The molecule has 0 aromatic heterocycles. The lowest BCUT2D eigenvalue weighted by Gasteiger charge is -2.28. The summed E-state index contributed by atoms with van der Waals surface area (Å²) < 4.78 is 1.03. The van der Waals surface area contributed by atoms with Gasteiger partial charge in [-0.05, 0) is 31.2 Å². The molecule has 0 amide bonds. The minimum Gasteiger partial charge on any atom is -0.295 e. The molecule has 1 fully saturated rings. The van der Waals surface area contributed by atoms with Gasteiger partial charge < -0.3 is 0 Å². The Morgan fingerprint density at radius 2 is 1.67 bits per heavy atom. The Morgan fingerprint density at radius 3 is 2.13 bits per heavy atom. The monoisotopic (exact) mass is 204 g/mol. The van der Waals surface area contributed by atoms with E-state index in [0.717, 1.165) is 10.0 Å². The summed E-state index contributed by atoms with van der Waals surface area (Å²) in [6.45, 7) is 4.06. The predicted molar refractivity (Wildman–Crippen MR) is 63.1 cm³/mol. The topological polar surface area (TPSA) is 17.1 Å². The summed E-state index contributed by atoms with van der Waals surface area (Å²) in [4.78, 5) is 11.2. The number of benzene rings is 1. The molecule has 1 aliphatic heterocycles. The van der Waals surface area contributed by atoms with Gasteiger partial charge in [0.15, 0.2) is 5.78 Å². The van der Waals surface area contributed by atoms with E-state index in [1.807, 2.05) is 12.1 Å². The molecule has 0 atom stereocenters. The second kappa shape index (κ2) is 3.78. The zero-order valence-corrected chi connectivity index (χ0v) is 9.49. The Morgan fingerprint density at radius 1 is 1.13 bits per heavy atom. The molecule has 0 saturated carbocycles. The first-order valence-corrected chi connectivity index (χ1v) is 5.58. The highest BCUT2D eigenvalue weighted by atomic mass is 16.1. The van der Waals surface area contributed by atoms with Crippen molar-refractivity contribution in [1.29, 1.82) is 0 Å². The van der Waals surface area contributed by atoms with Crippen LogP contribution >= 0.6 is 0 Å². The van der Waals surface area contributed by atoms with Crippen molar-refractivity contribution < 1.29 is 4.79 Å². The summed E-state index contributed by atoms with van der Waals surface area (Å²) in [5, 5.41) is 0. The van der Waals surface area contributed by atoms with Crippen molar-refractivity contribution in [3.63, 3.8) is 0 Å². The van der Waals surface area contributed by atoms with Gasteiger partial charge in [-0.3, -0.25) is 9.28 Å². The molecule has 0 radical (unpaired) electrons. The number of likely N-dealkylation sites (tertiary alicyclic amines) is 1. The average Bonchev–Trinajstić information content (AvgIpc) is 2.67. The number of rotatable bonds is 2. The average molecular weight is 204 g/mol. The van der Waals surface area contributed by atoms with Crippen molar-refractivity contribution >= 4 is 11.5 Å². The van der Waals surface area contributed by atoms with E-state index < -0.39 is 0 Å². The van der Waals surface area contributed by atoms with Crippen molar-refractivity contribution in [1.82, 2.24) is 4.48 Å². The van der Waals surface area contributed by atoms with E-state index in [9.17, 15) is 4.79 Å². The Balaban J connectivity index is 2.26. The molecule has 1 aromatic carbocycles. The first-order valence-electron chi connectivity index (χ1n) is 5.58. The van der Waals surface area contributed by atoms with Gasteiger partial charge in [-0.15, -0.1) is 0 Å². The van der Waals surface area contributed by atoms with Crippen LogP contribution < -0.4 is 4.48 Å². The smallest absolute Gasteiger partial charge is 0.159 e. The van der Waals surface area contributed by atoms with Crippen molar-refractivity contribution in [3.05, 3.63) is 29.8 Å². The maximum atomic E-state index is 11.2. The second-order valence-corrected chi connectivity index (χ2v) is 4.65. The maximum Gasteiger partial charge on any atom is 0.159 e. The highest BCUT2D eigenvalue weighted by Gasteiger charge is 2.29. The third-order valence-corrected chi connectivity index (χ3v) is 3.45. The van der Waals surface area contributed by atoms with Gasteiger partial charge in [0.2, 0.25) is 0 Å². The van der Waals surface area contributed by atoms with Crippen LogP contribution in [-0.4, -0.2) is 25.9 Å². The Hall–Kier alpha value is -1.15. The summed E-state index contributed by atoms with van der Waals surface area (Å²) in [6.07, 6.45) is 2.62. The van der Waals surface area contributed by atoms with E-state index >= 15 is 0 Å². The fourth-order valence-corrected chi connectivity index (χ4v) is 2.35. The van der Waals surface area contributed by atoms with E-state index in [-0.39, 0.29) is 5.78 Å². The van der Waals surface area contributed by atoms with Crippen LogP contribution in [0.5, 0.6) is 0 Å². The molecule has 2 nitrogen and oxygen atoms in total. The zero-order valence-electron chi connectivity index (χ0n) is 9.49.